The van der Waals surface area contributed by atoms with E-state index in [1.807, 2.05) is 54.6 Å². The third-order valence-corrected chi connectivity index (χ3v) is 5.96. The van der Waals surface area contributed by atoms with Crippen LogP contribution in [-0.4, -0.2) is 34.9 Å². The monoisotopic (exact) mass is 480 g/mol. The molecule has 0 spiro atoms. The van der Waals surface area contributed by atoms with Gasteiger partial charge in [0.2, 0.25) is 5.28 Å². The standard InChI is InChI=1S/C24H21ClN4O3S/c1-31-18-12-17(13-19(14-18)32-2)22(30)26-20-10-6-7-11-21(20)33-24-27-23(25)28-29(24)15-16-8-4-3-5-9-16/h3-14H,15H2,1-2H3,(H,26,30). The van der Waals surface area contributed by atoms with E-state index in [0.717, 1.165) is 10.5 Å². The summed E-state index contributed by atoms with van der Waals surface area (Å²) in [5, 5.41) is 8.06. The van der Waals surface area contributed by atoms with Gasteiger partial charge in [-0.25, -0.2) is 4.68 Å². The minimum Gasteiger partial charge on any atom is -0.497 e. The Hall–Kier alpha value is -3.49. The molecule has 0 atom stereocenters. The van der Waals surface area contributed by atoms with Gasteiger partial charge in [-0.2, -0.15) is 4.98 Å². The van der Waals surface area contributed by atoms with E-state index in [4.69, 9.17) is 21.1 Å². The third kappa shape index (κ3) is 5.66. The number of nitrogens with one attached hydrogen (secondary N) is 1. The zero-order valence-corrected chi connectivity index (χ0v) is 19.6. The van der Waals surface area contributed by atoms with Gasteiger partial charge in [0.05, 0.1) is 26.5 Å². The highest BCUT2D eigenvalue weighted by atomic mass is 35.5. The lowest BCUT2D eigenvalue weighted by Crippen LogP contribution is -2.13. The Morgan fingerprint density at radius 1 is 1.00 bits per heavy atom. The van der Waals surface area contributed by atoms with Crippen LogP contribution in [0.2, 0.25) is 5.28 Å². The Balaban J connectivity index is 1.58. The van der Waals surface area contributed by atoms with Crippen molar-refractivity contribution in [2.24, 2.45) is 0 Å². The van der Waals surface area contributed by atoms with Gasteiger partial charge in [-0.1, -0.05) is 42.5 Å². The number of hydrogen-bond donors (Lipinski definition) is 1. The SMILES string of the molecule is COc1cc(OC)cc(C(=O)Nc2ccccc2Sc2nc(Cl)nn2Cc2ccccc2)c1. The van der Waals surface area contributed by atoms with Crippen LogP contribution in [0.5, 0.6) is 11.5 Å². The van der Waals surface area contributed by atoms with Crippen molar-refractivity contribution in [3.05, 3.63) is 89.2 Å². The van der Waals surface area contributed by atoms with Crippen molar-refractivity contribution in [1.82, 2.24) is 14.8 Å². The van der Waals surface area contributed by atoms with E-state index in [2.05, 4.69) is 15.4 Å². The van der Waals surface area contributed by atoms with Crippen LogP contribution in [0.25, 0.3) is 0 Å². The summed E-state index contributed by atoms with van der Waals surface area (Å²) in [4.78, 5) is 18.1. The molecule has 0 unspecified atom stereocenters. The van der Waals surface area contributed by atoms with Gasteiger partial charge in [-0.05, 0) is 53.2 Å². The summed E-state index contributed by atoms with van der Waals surface area (Å²) < 4.78 is 12.3. The normalized spacial score (nSPS) is 10.6. The average molecular weight is 481 g/mol. The summed E-state index contributed by atoms with van der Waals surface area (Å²) in [5.41, 5.74) is 2.13. The molecular weight excluding hydrogens is 460 g/mol. The van der Waals surface area contributed by atoms with Crippen LogP contribution in [0, 0.1) is 0 Å². The molecule has 4 aromatic rings. The van der Waals surface area contributed by atoms with E-state index in [1.165, 1.54) is 11.8 Å². The number of nitrogens with zero attached hydrogens (tertiary/aromatic N) is 3. The predicted octanol–water partition coefficient (Wildman–Crippen LogP) is 5.40. The molecule has 0 saturated carbocycles. The van der Waals surface area contributed by atoms with Gasteiger partial charge in [0.1, 0.15) is 11.5 Å². The second-order valence-electron chi connectivity index (χ2n) is 6.96. The Morgan fingerprint density at radius 3 is 2.36 bits per heavy atom. The maximum atomic E-state index is 13.0. The molecule has 0 aliphatic carbocycles. The van der Waals surface area contributed by atoms with Gasteiger partial charge >= 0.3 is 0 Å². The minimum atomic E-state index is -0.288. The number of hydrogen-bond acceptors (Lipinski definition) is 6. The molecule has 9 heteroatoms. The number of para-hydroxylation sites is 1. The van der Waals surface area contributed by atoms with E-state index < -0.39 is 0 Å². The summed E-state index contributed by atoms with van der Waals surface area (Å²) in [5.74, 6) is 0.778. The summed E-state index contributed by atoms with van der Waals surface area (Å²) >= 11 is 7.48. The van der Waals surface area contributed by atoms with Gasteiger partial charge in [0.25, 0.3) is 5.91 Å². The maximum Gasteiger partial charge on any atom is 0.255 e. The van der Waals surface area contributed by atoms with Crippen molar-refractivity contribution in [2.75, 3.05) is 19.5 Å². The number of halogens is 1. The molecule has 1 amide bonds. The first kappa shape index (κ1) is 22.7. The van der Waals surface area contributed by atoms with Crippen LogP contribution in [0.3, 0.4) is 0 Å². The fourth-order valence-electron chi connectivity index (χ4n) is 3.13. The predicted molar refractivity (Wildman–Crippen MR) is 129 cm³/mol. The summed E-state index contributed by atoms with van der Waals surface area (Å²) in [6, 6.07) is 22.4. The first-order valence-corrected chi connectivity index (χ1v) is 11.2. The zero-order valence-electron chi connectivity index (χ0n) is 18.0. The fourth-order valence-corrected chi connectivity index (χ4v) is 4.26. The third-order valence-electron chi connectivity index (χ3n) is 4.74. The molecule has 7 nitrogen and oxygen atoms in total. The molecule has 0 aliphatic rings. The number of rotatable bonds is 8. The molecule has 0 bridgehead atoms. The van der Waals surface area contributed by atoms with Crippen LogP contribution in [0.4, 0.5) is 5.69 Å². The molecule has 33 heavy (non-hydrogen) atoms. The van der Waals surface area contributed by atoms with Crippen molar-refractivity contribution in [1.29, 1.82) is 0 Å². The zero-order chi connectivity index (χ0) is 23.2. The Labute approximate surface area is 200 Å². The van der Waals surface area contributed by atoms with Gasteiger partial charge in [0, 0.05) is 16.5 Å². The van der Waals surface area contributed by atoms with Gasteiger partial charge in [0.15, 0.2) is 5.16 Å². The van der Waals surface area contributed by atoms with E-state index >= 15 is 0 Å². The number of carbonyl (C=O) groups excluding carboxylic acids is 1. The van der Waals surface area contributed by atoms with Crippen molar-refractivity contribution in [3.8, 4) is 11.5 Å². The molecule has 4 rings (SSSR count). The van der Waals surface area contributed by atoms with Crippen molar-refractivity contribution in [2.45, 2.75) is 16.6 Å². The van der Waals surface area contributed by atoms with Crippen molar-refractivity contribution in [3.63, 3.8) is 0 Å². The Kier molecular flexibility index (Phi) is 7.16. The summed E-state index contributed by atoms with van der Waals surface area (Å²) in [7, 11) is 3.08. The minimum absolute atomic E-state index is 0.165. The first-order valence-electron chi connectivity index (χ1n) is 10.0. The lowest BCUT2D eigenvalue weighted by atomic mass is 10.2. The highest BCUT2D eigenvalue weighted by Gasteiger charge is 2.16. The molecule has 0 saturated heterocycles. The fraction of sp³-hybridized carbons (Fsp3) is 0.125. The second-order valence-corrected chi connectivity index (χ2v) is 8.31. The quantitative estimate of drug-likeness (QED) is 0.364. The van der Waals surface area contributed by atoms with Crippen molar-refractivity contribution < 1.29 is 14.3 Å². The first-order chi connectivity index (χ1) is 16.1. The van der Waals surface area contributed by atoms with Crippen LogP contribution >= 0.6 is 23.4 Å². The summed E-state index contributed by atoms with van der Waals surface area (Å²) in [6.07, 6.45) is 0. The maximum absolute atomic E-state index is 13.0. The number of methoxy groups -OCH3 is 2. The van der Waals surface area contributed by atoms with E-state index in [-0.39, 0.29) is 11.2 Å². The lowest BCUT2D eigenvalue weighted by molar-refractivity contribution is 0.102. The molecule has 0 fully saturated rings. The van der Waals surface area contributed by atoms with Crippen LogP contribution < -0.4 is 14.8 Å². The topological polar surface area (TPSA) is 78.3 Å². The molecule has 1 heterocycles. The van der Waals surface area contributed by atoms with Crippen molar-refractivity contribution >= 4 is 35.0 Å². The number of anilines is 1. The average Bonchev–Trinajstić information content (AvgIpc) is 3.18. The van der Waals surface area contributed by atoms with Crippen LogP contribution in [-0.2, 0) is 6.54 Å². The number of ether oxygens (including phenoxy) is 2. The number of carbonyl (C=O) groups is 1. The highest BCUT2D eigenvalue weighted by Crippen LogP contribution is 2.34. The number of amides is 1. The molecule has 1 N–H and O–H groups in total. The smallest absolute Gasteiger partial charge is 0.255 e. The number of aromatic nitrogens is 3. The Bertz CT molecular complexity index is 1240. The molecule has 168 valence electrons. The van der Waals surface area contributed by atoms with Gasteiger partial charge < -0.3 is 14.8 Å². The van der Waals surface area contributed by atoms with E-state index in [1.54, 1.807) is 37.1 Å². The second kappa shape index (κ2) is 10.4. The largest absolute Gasteiger partial charge is 0.497 e. The number of benzene rings is 3. The summed E-state index contributed by atoms with van der Waals surface area (Å²) in [6.45, 7) is 0.529. The van der Waals surface area contributed by atoms with Gasteiger partial charge in [-0.3, -0.25) is 4.79 Å². The lowest BCUT2D eigenvalue weighted by Gasteiger charge is -2.12. The van der Waals surface area contributed by atoms with Crippen LogP contribution in [0.1, 0.15) is 15.9 Å². The van der Waals surface area contributed by atoms with Gasteiger partial charge in [-0.15, -0.1) is 5.10 Å². The molecule has 1 aromatic heterocycles. The van der Waals surface area contributed by atoms with E-state index in [0.29, 0.717) is 34.5 Å². The highest BCUT2D eigenvalue weighted by molar-refractivity contribution is 7.99. The molecule has 0 radical (unpaired) electrons. The molecule has 0 aliphatic heterocycles. The molecular formula is C24H21ClN4O3S. The Morgan fingerprint density at radius 2 is 1.67 bits per heavy atom. The molecule has 3 aromatic carbocycles. The van der Waals surface area contributed by atoms with Crippen LogP contribution in [0.15, 0.2) is 82.8 Å². The van der Waals surface area contributed by atoms with E-state index in [9.17, 15) is 4.79 Å².